The van der Waals surface area contributed by atoms with Gasteiger partial charge in [0.05, 0.1) is 5.69 Å². The van der Waals surface area contributed by atoms with Crippen LogP contribution in [0.4, 0.5) is 0 Å². The summed E-state index contributed by atoms with van der Waals surface area (Å²) in [4.78, 5) is 19.0. The Hall–Kier alpha value is -2.17. The lowest BCUT2D eigenvalue weighted by Crippen LogP contribution is -2.30. The average Bonchev–Trinajstić information content (AvgIpc) is 3.14. The van der Waals surface area contributed by atoms with E-state index >= 15 is 0 Å². The van der Waals surface area contributed by atoms with Crippen LogP contribution in [0, 0.1) is 12.8 Å². The number of aryl methyl sites for hydroxylation is 2. The quantitative estimate of drug-likeness (QED) is 0.871. The van der Waals surface area contributed by atoms with Gasteiger partial charge in [-0.25, -0.2) is 0 Å². The standard InChI is InChI=1S/C17H21N3O2/c1-3-15-16(12(2)22-19-15)17(21)20-9-7-13(11-20)10-14-6-4-5-8-18-14/h4-6,8,13H,3,7,9-11H2,1-2H3. The summed E-state index contributed by atoms with van der Waals surface area (Å²) in [5.41, 5.74) is 2.51. The SMILES string of the molecule is CCc1noc(C)c1C(=O)N1CCC(Cc2ccccn2)C1. The molecular formula is C17H21N3O2. The van der Waals surface area contributed by atoms with Crippen LogP contribution in [0.5, 0.6) is 0 Å². The first-order valence-corrected chi connectivity index (χ1v) is 7.83. The molecule has 0 bridgehead atoms. The highest BCUT2D eigenvalue weighted by molar-refractivity contribution is 5.96. The number of hydrogen-bond acceptors (Lipinski definition) is 4. The molecule has 2 aromatic heterocycles. The molecule has 0 saturated carbocycles. The third-order valence-corrected chi connectivity index (χ3v) is 4.28. The topological polar surface area (TPSA) is 59.2 Å². The number of nitrogens with zero attached hydrogens (tertiary/aromatic N) is 3. The van der Waals surface area contributed by atoms with Crippen molar-refractivity contribution in [2.75, 3.05) is 13.1 Å². The van der Waals surface area contributed by atoms with E-state index in [2.05, 4.69) is 10.1 Å². The van der Waals surface area contributed by atoms with Crippen molar-refractivity contribution in [2.24, 2.45) is 5.92 Å². The smallest absolute Gasteiger partial charge is 0.259 e. The molecule has 5 heteroatoms. The Morgan fingerprint density at radius 3 is 3.05 bits per heavy atom. The summed E-state index contributed by atoms with van der Waals surface area (Å²) < 4.78 is 5.18. The number of carbonyl (C=O) groups is 1. The van der Waals surface area contributed by atoms with Crippen molar-refractivity contribution >= 4 is 5.91 Å². The predicted octanol–water partition coefficient (Wildman–Crippen LogP) is 2.65. The minimum atomic E-state index is 0.0547. The van der Waals surface area contributed by atoms with Crippen molar-refractivity contribution in [2.45, 2.75) is 33.1 Å². The van der Waals surface area contributed by atoms with E-state index in [1.807, 2.05) is 36.2 Å². The van der Waals surface area contributed by atoms with Crippen LogP contribution in [0.25, 0.3) is 0 Å². The number of rotatable bonds is 4. The van der Waals surface area contributed by atoms with Crippen molar-refractivity contribution in [3.8, 4) is 0 Å². The normalized spacial score (nSPS) is 17.9. The van der Waals surface area contributed by atoms with Gasteiger partial charge in [0.25, 0.3) is 5.91 Å². The van der Waals surface area contributed by atoms with Gasteiger partial charge >= 0.3 is 0 Å². The van der Waals surface area contributed by atoms with E-state index in [0.717, 1.165) is 37.3 Å². The highest BCUT2D eigenvalue weighted by Gasteiger charge is 2.30. The molecule has 3 rings (SSSR count). The Kier molecular flexibility index (Phi) is 4.22. The van der Waals surface area contributed by atoms with E-state index in [-0.39, 0.29) is 5.91 Å². The fourth-order valence-electron chi connectivity index (χ4n) is 3.09. The summed E-state index contributed by atoms with van der Waals surface area (Å²) in [6, 6.07) is 5.98. The first kappa shape index (κ1) is 14.8. The van der Waals surface area contributed by atoms with E-state index < -0.39 is 0 Å². The van der Waals surface area contributed by atoms with Gasteiger partial charge in [-0.1, -0.05) is 18.1 Å². The van der Waals surface area contributed by atoms with E-state index in [4.69, 9.17) is 4.52 Å². The molecule has 2 aromatic rings. The summed E-state index contributed by atoms with van der Waals surface area (Å²) in [6.07, 6.45) is 4.48. The van der Waals surface area contributed by atoms with Crippen molar-refractivity contribution < 1.29 is 9.32 Å². The molecular weight excluding hydrogens is 278 g/mol. The fraction of sp³-hybridized carbons (Fsp3) is 0.471. The zero-order valence-electron chi connectivity index (χ0n) is 13.1. The summed E-state index contributed by atoms with van der Waals surface area (Å²) in [7, 11) is 0. The summed E-state index contributed by atoms with van der Waals surface area (Å²) >= 11 is 0. The summed E-state index contributed by atoms with van der Waals surface area (Å²) in [5.74, 6) is 1.15. The van der Waals surface area contributed by atoms with Crippen molar-refractivity contribution in [1.82, 2.24) is 15.0 Å². The fourth-order valence-corrected chi connectivity index (χ4v) is 3.09. The predicted molar refractivity (Wildman–Crippen MR) is 82.6 cm³/mol. The second-order valence-corrected chi connectivity index (χ2v) is 5.85. The molecule has 0 aromatic carbocycles. The summed E-state index contributed by atoms with van der Waals surface area (Å²) in [6.45, 7) is 5.37. The van der Waals surface area contributed by atoms with Gasteiger partial charge in [0, 0.05) is 25.0 Å². The van der Waals surface area contributed by atoms with Crippen LogP contribution >= 0.6 is 0 Å². The number of pyridine rings is 1. The zero-order valence-corrected chi connectivity index (χ0v) is 13.1. The van der Waals surface area contributed by atoms with Gasteiger partial charge in [-0.05, 0) is 44.2 Å². The lowest BCUT2D eigenvalue weighted by atomic mass is 10.0. The largest absolute Gasteiger partial charge is 0.361 e. The highest BCUT2D eigenvalue weighted by Crippen LogP contribution is 2.24. The Morgan fingerprint density at radius 1 is 1.45 bits per heavy atom. The summed E-state index contributed by atoms with van der Waals surface area (Å²) in [5, 5.41) is 3.98. The van der Waals surface area contributed by atoms with Gasteiger partial charge in [-0.2, -0.15) is 0 Å². The second-order valence-electron chi connectivity index (χ2n) is 5.85. The lowest BCUT2D eigenvalue weighted by molar-refractivity contribution is 0.0784. The Morgan fingerprint density at radius 2 is 2.32 bits per heavy atom. The molecule has 1 saturated heterocycles. The molecule has 1 unspecified atom stereocenters. The third-order valence-electron chi connectivity index (χ3n) is 4.28. The van der Waals surface area contributed by atoms with Gasteiger partial charge in [0.1, 0.15) is 11.3 Å². The first-order valence-electron chi connectivity index (χ1n) is 7.83. The minimum absolute atomic E-state index is 0.0547. The number of aromatic nitrogens is 2. The van der Waals surface area contributed by atoms with Crippen molar-refractivity contribution in [3.63, 3.8) is 0 Å². The van der Waals surface area contributed by atoms with Crippen LogP contribution in [-0.2, 0) is 12.8 Å². The molecule has 3 heterocycles. The maximum Gasteiger partial charge on any atom is 0.259 e. The molecule has 0 radical (unpaired) electrons. The van der Waals surface area contributed by atoms with Gasteiger partial charge in [0.15, 0.2) is 0 Å². The molecule has 1 aliphatic rings. The van der Waals surface area contributed by atoms with Gasteiger partial charge in [-0.15, -0.1) is 0 Å². The molecule has 5 nitrogen and oxygen atoms in total. The Labute approximate surface area is 130 Å². The molecule has 22 heavy (non-hydrogen) atoms. The first-order chi connectivity index (χ1) is 10.7. The number of carbonyl (C=O) groups excluding carboxylic acids is 1. The molecule has 1 aliphatic heterocycles. The Balaban J connectivity index is 1.67. The number of amides is 1. The monoisotopic (exact) mass is 299 g/mol. The van der Waals surface area contributed by atoms with Crippen molar-refractivity contribution in [3.05, 3.63) is 47.1 Å². The van der Waals surface area contributed by atoms with Crippen LogP contribution < -0.4 is 0 Å². The minimum Gasteiger partial charge on any atom is -0.361 e. The molecule has 116 valence electrons. The maximum absolute atomic E-state index is 12.7. The molecule has 0 N–H and O–H groups in total. The van der Waals surface area contributed by atoms with E-state index in [9.17, 15) is 4.79 Å². The average molecular weight is 299 g/mol. The van der Waals surface area contributed by atoms with Gasteiger partial charge < -0.3 is 9.42 Å². The van der Waals surface area contributed by atoms with Crippen LogP contribution in [-0.4, -0.2) is 34.0 Å². The van der Waals surface area contributed by atoms with Gasteiger partial charge in [0.2, 0.25) is 0 Å². The molecule has 1 atom stereocenters. The molecule has 1 fully saturated rings. The van der Waals surface area contributed by atoms with Gasteiger partial charge in [-0.3, -0.25) is 9.78 Å². The zero-order chi connectivity index (χ0) is 15.5. The van der Waals surface area contributed by atoms with Crippen molar-refractivity contribution in [1.29, 1.82) is 0 Å². The third kappa shape index (κ3) is 2.89. The highest BCUT2D eigenvalue weighted by atomic mass is 16.5. The molecule has 1 amide bonds. The van der Waals surface area contributed by atoms with Crippen LogP contribution in [0.2, 0.25) is 0 Å². The number of likely N-dealkylation sites (tertiary alicyclic amines) is 1. The van der Waals surface area contributed by atoms with Crippen LogP contribution in [0.15, 0.2) is 28.9 Å². The molecule has 0 spiro atoms. The van der Waals surface area contributed by atoms with E-state index in [0.29, 0.717) is 23.7 Å². The lowest BCUT2D eigenvalue weighted by Gasteiger charge is -2.16. The number of hydrogen-bond donors (Lipinski definition) is 0. The van der Waals surface area contributed by atoms with E-state index in [1.54, 1.807) is 6.92 Å². The van der Waals surface area contributed by atoms with Crippen LogP contribution in [0.3, 0.4) is 0 Å². The maximum atomic E-state index is 12.7. The Bertz CT molecular complexity index is 651. The second kappa shape index (κ2) is 6.30. The van der Waals surface area contributed by atoms with E-state index in [1.165, 1.54) is 0 Å². The van der Waals surface area contributed by atoms with Crippen LogP contribution in [0.1, 0.15) is 40.9 Å². The molecule has 0 aliphatic carbocycles.